The van der Waals surface area contributed by atoms with E-state index >= 15 is 0 Å². The number of ether oxygens (including phenoxy) is 1. The number of hydrogen-bond acceptors (Lipinski definition) is 3. The van der Waals surface area contributed by atoms with Crippen molar-refractivity contribution in [1.29, 1.82) is 0 Å². The lowest BCUT2D eigenvalue weighted by atomic mass is 9.74. The summed E-state index contributed by atoms with van der Waals surface area (Å²) in [4.78, 5) is 2.87. The number of hydrogen-bond donors (Lipinski definition) is 1. The highest BCUT2D eigenvalue weighted by Crippen LogP contribution is 2.44. The van der Waals surface area contributed by atoms with Crippen molar-refractivity contribution in [3.8, 4) is 5.75 Å². The molecule has 0 aliphatic heterocycles. The minimum atomic E-state index is -0.742. The third-order valence-electron chi connectivity index (χ3n) is 6.38. The molecule has 1 heterocycles. The first kappa shape index (κ1) is 22.0. The first-order valence-electron chi connectivity index (χ1n) is 10.3. The Morgan fingerprint density at radius 2 is 1.52 bits per heavy atom. The summed E-state index contributed by atoms with van der Waals surface area (Å²) < 4.78 is 6.00. The van der Waals surface area contributed by atoms with Crippen LogP contribution in [0.25, 0.3) is 0 Å². The van der Waals surface area contributed by atoms with Gasteiger partial charge in [0.25, 0.3) is 0 Å². The Bertz CT molecular complexity index is 732. The van der Waals surface area contributed by atoms with Crippen LogP contribution in [0.15, 0.2) is 24.3 Å². The topological polar surface area (TPSA) is 29.5 Å². The molecule has 0 radical (unpaired) electrons. The maximum atomic E-state index is 10.5. The van der Waals surface area contributed by atoms with E-state index in [1.165, 1.54) is 20.9 Å². The molecule has 0 unspecified atom stereocenters. The zero-order valence-electron chi connectivity index (χ0n) is 18.1. The predicted octanol–water partition coefficient (Wildman–Crippen LogP) is 6.71. The second-order valence-corrected chi connectivity index (χ2v) is 9.10. The normalized spacial score (nSPS) is 12.4. The average Bonchev–Trinajstić information content (AvgIpc) is 3.01. The van der Waals surface area contributed by atoms with Crippen LogP contribution in [-0.4, -0.2) is 17.3 Å². The van der Waals surface area contributed by atoms with Gasteiger partial charge in [0.1, 0.15) is 12.4 Å². The van der Waals surface area contributed by atoms with E-state index in [2.05, 4.69) is 58.9 Å². The van der Waals surface area contributed by atoms with Crippen LogP contribution in [-0.2, 0) is 5.41 Å². The molecule has 2 nitrogen and oxygen atoms in total. The molecule has 0 spiro atoms. The number of benzene rings is 1. The van der Waals surface area contributed by atoms with Gasteiger partial charge in [-0.05, 0) is 75.3 Å². The highest BCUT2D eigenvalue weighted by molar-refractivity contribution is 7.12. The number of thiophene rings is 1. The fourth-order valence-corrected chi connectivity index (χ4v) is 5.12. The Balaban J connectivity index is 2.36. The molecule has 27 heavy (non-hydrogen) atoms. The van der Waals surface area contributed by atoms with Crippen molar-refractivity contribution >= 4 is 11.3 Å². The second-order valence-electron chi connectivity index (χ2n) is 7.84. The Hall–Kier alpha value is -1.32. The molecule has 0 aliphatic carbocycles. The lowest BCUT2D eigenvalue weighted by Crippen LogP contribution is -2.34. The van der Waals surface area contributed by atoms with Gasteiger partial charge in [-0.2, -0.15) is 0 Å². The number of rotatable bonds is 9. The van der Waals surface area contributed by atoms with Crippen molar-refractivity contribution in [1.82, 2.24) is 0 Å². The van der Waals surface area contributed by atoms with Crippen LogP contribution in [0.4, 0.5) is 0 Å². The van der Waals surface area contributed by atoms with Gasteiger partial charge in [-0.1, -0.05) is 39.8 Å². The van der Waals surface area contributed by atoms with Crippen molar-refractivity contribution in [2.75, 3.05) is 6.61 Å². The summed E-state index contributed by atoms with van der Waals surface area (Å²) in [6.07, 6.45) is 3.56. The van der Waals surface area contributed by atoms with Crippen LogP contribution in [0.1, 0.15) is 79.8 Å². The lowest BCUT2D eigenvalue weighted by molar-refractivity contribution is -0.0115. The monoisotopic (exact) mass is 388 g/mol. The Labute approximate surface area is 169 Å². The standard InChI is InChI=1S/C24H36O2S/c1-8-23(25,9-2)16-26-21-13-12-20(14-18(21)6)24(10-3,11-4)22-15-17(5)19(7)27-22/h12-15,25H,8-11,16H2,1-7H3. The van der Waals surface area contributed by atoms with Crippen molar-refractivity contribution in [2.45, 2.75) is 85.2 Å². The van der Waals surface area contributed by atoms with E-state index in [-0.39, 0.29) is 5.41 Å². The molecule has 0 saturated heterocycles. The minimum Gasteiger partial charge on any atom is -0.490 e. The van der Waals surface area contributed by atoms with Crippen LogP contribution < -0.4 is 4.74 Å². The molecule has 2 rings (SSSR count). The summed E-state index contributed by atoms with van der Waals surface area (Å²) in [5.41, 5.74) is 3.20. The third kappa shape index (κ3) is 4.41. The van der Waals surface area contributed by atoms with Gasteiger partial charge in [0.05, 0.1) is 5.60 Å². The first-order valence-corrected chi connectivity index (χ1v) is 11.1. The molecule has 2 aromatic rings. The molecule has 1 N–H and O–H groups in total. The quantitative estimate of drug-likeness (QED) is 0.517. The Morgan fingerprint density at radius 3 is 1.96 bits per heavy atom. The van der Waals surface area contributed by atoms with Crippen LogP contribution in [0.3, 0.4) is 0 Å². The summed E-state index contributed by atoms with van der Waals surface area (Å²) in [5.74, 6) is 0.874. The summed E-state index contributed by atoms with van der Waals surface area (Å²) >= 11 is 1.93. The highest BCUT2D eigenvalue weighted by atomic mass is 32.1. The molecule has 0 aliphatic rings. The molecule has 1 aromatic carbocycles. The van der Waals surface area contributed by atoms with Gasteiger partial charge in [-0.3, -0.25) is 0 Å². The smallest absolute Gasteiger partial charge is 0.122 e. The fourth-order valence-electron chi connectivity index (χ4n) is 3.73. The highest BCUT2D eigenvalue weighted by Gasteiger charge is 2.33. The van der Waals surface area contributed by atoms with Gasteiger partial charge in [-0.25, -0.2) is 0 Å². The third-order valence-corrected chi connectivity index (χ3v) is 7.74. The van der Waals surface area contributed by atoms with E-state index in [9.17, 15) is 5.11 Å². The van der Waals surface area contributed by atoms with Crippen LogP contribution in [0, 0.1) is 20.8 Å². The van der Waals surface area contributed by atoms with E-state index in [1.54, 1.807) is 0 Å². The summed E-state index contributed by atoms with van der Waals surface area (Å²) in [6, 6.07) is 8.96. The lowest BCUT2D eigenvalue weighted by Gasteiger charge is -2.32. The molecule has 0 saturated carbocycles. The van der Waals surface area contributed by atoms with Gasteiger partial charge in [0.15, 0.2) is 0 Å². The second kappa shape index (κ2) is 8.79. The molecular formula is C24H36O2S. The zero-order valence-corrected chi connectivity index (χ0v) is 18.9. The van der Waals surface area contributed by atoms with Gasteiger partial charge < -0.3 is 9.84 Å². The molecular weight excluding hydrogens is 352 g/mol. The van der Waals surface area contributed by atoms with E-state index in [4.69, 9.17) is 4.74 Å². The SMILES string of the molecule is CCC(O)(CC)COc1ccc(C(CC)(CC)c2cc(C)c(C)s2)cc1C. The van der Waals surface area contributed by atoms with Gasteiger partial charge >= 0.3 is 0 Å². The van der Waals surface area contributed by atoms with Gasteiger partial charge in [0.2, 0.25) is 0 Å². The maximum absolute atomic E-state index is 10.5. The van der Waals surface area contributed by atoms with Crippen molar-refractivity contribution < 1.29 is 9.84 Å². The summed E-state index contributed by atoms with van der Waals surface area (Å²) in [5, 5.41) is 10.5. The summed E-state index contributed by atoms with van der Waals surface area (Å²) in [6.45, 7) is 15.5. The Morgan fingerprint density at radius 1 is 0.889 bits per heavy atom. The number of aliphatic hydroxyl groups is 1. The van der Waals surface area contributed by atoms with Crippen molar-refractivity contribution in [3.05, 3.63) is 50.7 Å². The van der Waals surface area contributed by atoms with Gasteiger partial charge in [-0.15, -0.1) is 11.3 Å². The molecule has 0 amide bonds. The average molecular weight is 389 g/mol. The largest absolute Gasteiger partial charge is 0.490 e. The molecule has 0 bridgehead atoms. The molecule has 0 atom stereocenters. The predicted molar refractivity (Wildman–Crippen MR) is 117 cm³/mol. The van der Waals surface area contributed by atoms with Crippen LogP contribution in [0.5, 0.6) is 5.75 Å². The molecule has 0 fully saturated rings. The zero-order chi connectivity index (χ0) is 20.2. The van der Waals surface area contributed by atoms with E-state index in [0.29, 0.717) is 19.4 Å². The van der Waals surface area contributed by atoms with Crippen LogP contribution in [0.2, 0.25) is 0 Å². The minimum absolute atomic E-state index is 0.0561. The first-order chi connectivity index (χ1) is 12.7. The number of aryl methyl sites for hydroxylation is 3. The fraction of sp³-hybridized carbons (Fsp3) is 0.583. The summed E-state index contributed by atoms with van der Waals surface area (Å²) in [7, 11) is 0. The maximum Gasteiger partial charge on any atom is 0.122 e. The van der Waals surface area contributed by atoms with Crippen molar-refractivity contribution in [3.63, 3.8) is 0 Å². The van der Waals surface area contributed by atoms with Crippen LogP contribution >= 0.6 is 11.3 Å². The molecule has 150 valence electrons. The molecule has 3 heteroatoms. The van der Waals surface area contributed by atoms with Gasteiger partial charge in [0, 0.05) is 15.2 Å². The van der Waals surface area contributed by atoms with E-state index < -0.39 is 5.60 Å². The Kier molecular flexibility index (Phi) is 7.15. The van der Waals surface area contributed by atoms with E-state index in [0.717, 1.165) is 24.2 Å². The van der Waals surface area contributed by atoms with E-state index in [1.807, 2.05) is 25.2 Å². The molecule has 1 aromatic heterocycles. The van der Waals surface area contributed by atoms with Crippen molar-refractivity contribution in [2.24, 2.45) is 0 Å².